The van der Waals surface area contributed by atoms with Gasteiger partial charge in [0.05, 0.1) is 33.9 Å². The maximum Gasteiger partial charge on any atom is 0.317 e. The molecule has 0 saturated carbocycles. The lowest BCUT2D eigenvalue weighted by Gasteiger charge is -2.34. The number of rotatable bonds is 4. The van der Waals surface area contributed by atoms with Crippen molar-refractivity contribution in [3.05, 3.63) is 23.3 Å². The lowest BCUT2D eigenvalue weighted by Crippen LogP contribution is -2.45. The van der Waals surface area contributed by atoms with Gasteiger partial charge in [-0.2, -0.15) is 0 Å². The largest absolute Gasteiger partial charge is 0.496 e. The number of benzene rings is 1. The Kier molecular flexibility index (Phi) is 5.11. The minimum absolute atomic E-state index is 0.184. The van der Waals surface area contributed by atoms with Crippen LogP contribution in [-0.4, -0.2) is 56.6 Å². The Morgan fingerprint density at radius 1 is 1.38 bits per heavy atom. The van der Waals surface area contributed by atoms with Crippen LogP contribution in [0.25, 0.3) is 0 Å². The number of hydrogen-bond donors (Lipinski definition) is 2. The SMILES string of the molecule is COc1ccc(OC)c2c1CN(C(=O)NC[C@@H]1CCOC1)C[C@@H]2O. The van der Waals surface area contributed by atoms with E-state index >= 15 is 0 Å². The first-order chi connectivity index (χ1) is 11.6. The van der Waals surface area contributed by atoms with Crippen molar-refractivity contribution in [1.82, 2.24) is 10.2 Å². The van der Waals surface area contributed by atoms with Crippen LogP contribution in [0.5, 0.6) is 11.5 Å². The van der Waals surface area contributed by atoms with Gasteiger partial charge in [0.2, 0.25) is 0 Å². The standard InChI is InChI=1S/C17H24N2O5/c1-22-14-3-4-15(23-2)16-12(14)8-19(9-13(16)20)17(21)18-7-11-5-6-24-10-11/h3-4,11,13,20H,5-10H2,1-2H3,(H,18,21)/t11-,13-/m0/s1. The van der Waals surface area contributed by atoms with E-state index in [0.717, 1.165) is 18.6 Å². The Morgan fingerprint density at radius 3 is 2.79 bits per heavy atom. The van der Waals surface area contributed by atoms with Crippen LogP contribution in [0.4, 0.5) is 4.79 Å². The van der Waals surface area contributed by atoms with Crippen molar-refractivity contribution in [2.45, 2.75) is 19.1 Å². The third-order valence-electron chi connectivity index (χ3n) is 4.64. The summed E-state index contributed by atoms with van der Waals surface area (Å²) in [6, 6.07) is 3.38. The van der Waals surface area contributed by atoms with Crippen LogP contribution in [0.1, 0.15) is 23.7 Å². The molecule has 3 rings (SSSR count). The molecule has 0 spiro atoms. The molecule has 2 N–H and O–H groups in total. The third kappa shape index (κ3) is 3.27. The van der Waals surface area contributed by atoms with E-state index < -0.39 is 6.10 Å². The Labute approximate surface area is 141 Å². The van der Waals surface area contributed by atoms with Gasteiger partial charge in [0.1, 0.15) is 17.6 Å². The van der Waals surface area contributed by atoms with Crippen LogP contribution in [0.2, 0.25) is 0 Å². The van der Waals surface area contributed by atoms with Gasteiger partial charge in [-0.3, -0.25) is 0 Å². The van der Waals surface area contributed by atoms with Crippen LogP contribution in [0.3, 0.4) is 0 Å². The van der Waals surface area contributed by atoms with Gasteiger partial charge in [-0.25, -0.2) is 4.79 Å². The number of carbonyl (C=O) groups is 1. The Morgan fingerprint density at radius 2 is 2.12 bits per heavy atom. The second-order valence-electron chi connectivity index (χ2n) is 6.17. The van der Waals surface area contributed by atoms with E-state index in [4.69, 9.17) is 14.2 Å². The van der Waals surface area contributed by atoms with Crippen LogP contribution in [0.15, 0.2) is 12.1 Å². The number of nitrogens with zero attached hydrogens (tertiary/aromatic N) is 1. The highest BCUT2D eigenvalue weighted by atomic mass is 16.5. The average Bonchev–Trinajstić information content (AvgIpc) is 3.12. The zero-order valence-corrected chi connectivity index (χ0v) is 14.1. The van der Waals surface area contributed by atoms with Gasteiger partial charge in [0.15, 0.2) is 0 Å². The summed E-state index contributed by atoms with van der Waals surface area (Å²) in [7, 11) is 3.14. The molecule has 1 aromatic rings. The van der Waals surface area contributed by atoms with E-state index in [0.29, 0.717) is 42.7 Å². The van der Waals surface area contributed by atoms with Crippen molar-refractivity contribution < 1.29 is 24.1 Å². The van der Waals surface area contributed by atoms with Crippen molar-refractivity contribution in [3.8, 4) is 11.5 Å². The van der Waals surface area contributed by atoms with Gasteiger partial charge < -0.3 is 29.5 Å². The van der Waals surface area contributed by atoms with E-state index in [9.17, 15) is 9.90 Å². The third-order valence-corrected chi connectivity index (χ3v) is 4.64. The van der Waals surface area contributed by atoms with Crippen molar-refractivity contribution in [1.29, 1.82) is 0 Å². The summed E-state index contributed by atoms with van der Waals surface area (Å²) >= 11 is 0. The molecule has 7 nitrogen and oxygen atoms in total. The summed E-state index contributed by atoms with van der Waals surface area (Å²) in [5.74, 6) is 1.62. The minimum Gasteiger partial charge on any atom is -0.496 e. The highest BCUT2D eigenvalue weighted by Gasteiger charge is 2.32. The number of nitrogens with one attached hydrogen (secondary N) is 1. The highest BCUT2D eigenvalue weighted by molar-refractivity contribution is 5.75. The molecule has 0 unspecified atom stereocenters. The molecular formula is C17H24N2O5. The maximum atomic E-state index is 12.5. The first kappa shape index (κ1) is 16.9. The number of methoxy groups -OCH3 is 2. The Bertz CT molecular complexity index is 601. The van der Waals surface area contributed by atoms with Gasteiger partial charge in [-0.15, -0.1) is 0 Å². The van der Waals surface area contributed by atoms with Gasteiger partial charge in [0.25, 0.3) is 0 Å². The molecule has 0 bridgehead atoms. The fourth-order valence-corrected chi connectivity index (χ4v) is 3.32. The highest BCUT2D eigenvalue weighted by Crippen LogP contribution is 2.39. The van der Waals surface area contributed by atoms with E-state index in [1.807, 2.05) is 0 Å². The second-order valence-corrected chi connectivity index (χ2v) is 6.17. The van der Waals surface area contributed by atoms with E-state index in [1.165, 1.54) is 0 Å². The van der Waals surface area contributed by atoms with Gasteiger partial charge >= 0.3 is 6.03 Å². The van der Waals surface area contributed by atoms with Crippen molar-refractivity contribution in [2.24, 2.45) is 5.92 Å². The molecule has 0 aromatic heterocycles. The van der Waals surface area contributed by atoms with Gasteiger partial charge in [-0.05, 0) is 18.6 Å². The number of aliphatic hydroxyl groups is 1. The molecule has 2 aliphatic rings. The summed E-state index contributed by atoms with van der Waals surface area (Å²) < 4.78 is 16.1. The molecule has 132 valence electrons. The molecule has 1 fully saturated rings. The number of urea groups is 1. The van der Waals surface area contributed by atoms with Crippen LogP contribution in [-0.2, 0) is 11.3 Å². The Balaban J connectivity index is 1.74. The summed E-state index contributed by atoms with van der Waals surface area (Å²) in [5, 5.41) is 13.5. The second kappa shape index (κ2) is 7.27. The summed E-state index contributed by atoms with van der Waals surface area (Å²) in [4.78, 5) is 14.1. The molecule has 2 aliphatic heterocycles. The number of aliphatic hydroxyl groups excluding tert-OH is 1. The molecule has 2 heterocycles. The smallest absolute Gasteiger partial charge is 0.317 e. The number of fused-ring (bicyclic) bond motifs is 1. The molecule has 24 heavy (non-hydrogen) atoms. The minimum atomic E-state index is -0.806. The van der Waals surface area contributed by atoms with E-state index in [1.54, 1.807) is 31.3 Å². The Hall–Kier alpha value is -1.99. The number of carbonyl (C=O) groups excluding carboxylic acids is 1. The van der Waals surface area contributed by atoms with Gasteiger partial charge in [0, 0.05) is 30.2 Å². The zero-order valence-electron chi connectivity index (χ0n) is 14.1. The van der Waals surface area contributed by atoms with Crippen LogP contribution >= 0.6 is 0 Å². The first-order valence-corrected chi connectivity index (χ1v) is 8.16. The summed E-state index contributed by atoms with van der Waals surface area (Å²) in [5.41, 5.74) is 1.49. The molecule has 1 aromatic carbocycles. The lowest BCUT2D eigenvalue weighted by molar-refractivity contribution is 0.1000. The molecule has 2 atom stereocenters. The van der Waals surface area contributed by atoms with E-state index in [-0.39, 0.29) is 12.6 Å². The predicted octanol–water partition coefficient (Wildman–Crippen LogP) is 1.30. The van der Waals surface area contributed by atoms with Crippen molar-refractivity contribution in [2.75, 3.05) is 40.5 Å². The van der Waals surface area contributed by atoms with Crippen LogP contribution in [0, 0.1) is 5.92 Å². The molecule has 1 saturated heterocycles. The molecular weight excluding hydrogens is 312 g/mol. The molecule has 0 aliphatic carbocycles. The number of ether oxygens (including phenoxy) is 3. The zero-order chi connectivity index (χ0) is 17.1. The topological polar surface area (TPSA) is 80.3 Å². The molecule has 7 heteroatoms. The maximum absolute atomic E-state index is 12.5. The monoisotopic (exact) mass is 336 g/mol. The number of β-amino-alcohol motifs (C(OH)–C–C–N with tert-alkyl or cyclic N) is 1. The summed E-state index contributed by atoms with van der Waals surface area (Å²) in [6.45, 7) is 2.64. The fourth-order valence-electron chi connectivity index (χ4n) is 3.32. The number of hydrogen-bond acceptors (Lipinski definition) is 5. The lowest BCUT2D eigenvalue weighted by atomic mass is 9.95. The van der Waals surface area contributed by atoms with Crippen LogP contribution < -0.4 is 14.8 Å². The van der Waals surface area contributed by atoms with Crippen molar-refractivity contribution in [3.63, 3.8) is 0 Å². The predicted molar refractivity (Wildman–Crippen MR) is 87.2 cm³/mol. The first-order valence-electron chi connectivity index (χ1n) is 8.16. The summed E-state index contributed by atoms with van der Waals surface area (Å²) in [6.07, 6.45) is 0.163. The normalized spacial score (nSPS) is 22.9. The average molecular weight is 336 g/mol. The number of amides is 2. The molecule has 2 amide bonds. The molecule has 0 radical (unpaired) electrons. The van der Waals surface area contributed by atoms with Gasteiger partial charge in [-0.1, -0.05) is 0 Å². The quantitative estimate of drug-likeness (QED) is 0.866. The van der Waals surface area contributed by atoms with Crippen molar-refractivity contribution >= 4 is 6.03 Å². The van der Waals surface area contributed by atoms with E-state index in [2.05, 4.69) is 5.32 Å². The fraction of sp³-hybridized carbons (Fsp3) is 0.588.